The van der Waals surface area contributed by atoms with Crippen molar-refractivity contribution < 1.29 is 54.8 Å². The lowest BCUT2D eigenvalue weighted by atomic mass is 9.96. The number of aliphatic hydroxyl groups is 7. The van der Waals surface area contributed by atoms with E-state index in [0.29, 0.717) is 0 Å². The van der Waals surface area contributed by atoms with Gasteiger partial charge in [-0.1, -0.05) is 0 Å². The van der Waals surface area contributed by atoms with Gasteiger partial charge < -0.3 is 55.3 Å². The average Bonchev–Trinajstić information content (AvgIpc) is 2.88. The Morgan fingerprint density at radius 3 is 2.31 bits per heavy atom. The van der Waals surface area contributed by atoms with Crippen molar-refractivity contribution in [2.75, 3.05) is 13.2 Å². The first-order valence-electron chi connectivity index (χ1n) is 8.06. The third-order valence-corrected chi connectivity index (χ3v) is 4.36. The van der Waals surface area contributed by atoms with Crippen LogP contribution >= 0.6 is 0 Å². The summed E-state index contributed by atoms with van der Waals surface area (Å²) in [5.41, 5.74) is 0. The first-order chi connectivity index (χ1) is 12.2. The van der Waals surface area contributed by atoms with Crippen LogP contribution in [0, 0.1) is 0 Å². The van der Waals surface area contributed by atoms with E-state index in [4.69, 9.17) is 19.3 Å². The molecule has 12 nitrogen and oxygen atoms in total. The van der Waals surface area contributed by atoms with Crippen LogP contribution in [-0.2, 0) is 19.0 Å². The SMILES string of the molecule is CC(=O)N[C@@H]1[C@@H](O)[C@H](O[C@@H]2O[C@@H]([C@H](O)CO)[C@H](O)[C@H]2O)[C@@H](CO)O[C@@H]1O. The predicted octanol–water partition coefficient (Wildman–Crippen LogP) is -5.25. The summed E-state index contributed by atoms with van der Waals surface area (Å²) in [6.45, 7) is -0.236. The van der Waals surface area contributed by atoms with E-state index in [-0.39, 0.29) is 0 Å². The van der Waals surface area contributed by atoms with Crippen LogP contribution < -0.4 is 5.32 Å². The highest BCUT2D eigenvalue weighted by molar-refractivity contribution is 5.73. The van der Waals surface area contributed by atoms with E-state index < -0.39 is 80.5 Å². The van der Waals surface area contributed by atoms with Gasteiger partial charge in [0.15, 0.2) is 12.6 Å². The van der Waals surface area contributed by atoms with Crippen LogP contribution in [0.3, 0.4) is 0 Å². The predicted molar refractivity (Wildman–Crippen MR) is 80.2 cm³/mol. The molecule has 152 valence electrons. The third-order valence-electron chi connectivity index (χ3n) is 4.36. The van der Waals surface area contributed by atoms with Crippen molar-refractivity contribution in [1.29, 1.82) is 0 Å². The van der Waals surface area contributed by atoms with Crippen LogP contribution in [0.5, 0.6) is 0 Å². The Kier molecular flexibility index (Phi) is 7.27. The molecule has 1 amide bonds. The van der Waals surface area contributed by atoms with Crippen molar-refractivity contribution in [3.8, 4) is 0 Å². The van der Waals surface area contributed by atoms with Crippen molar-refractivity contribution in [2.24, 2.45) is 0 Å². The molecule has 2 saturated heterocycles. The number of amides is 1. The zero-order valence-electron chi connectivity index (χ0n) is 14.0. The Morgan fingerprint density at radius 2 is 1.77 bits per heavy atom. The average molecular weight is 383 g/mol. The van der Waals surface area contributed by atoms with Gasteiger partial charge in [-0.3, -0.25) is 4.79 Å². The fourth-order valence-corrected chi connectivity index (χ4v) is 3.00. The molecule has 0 unspecified atom stereocenters. The van der Waals surface area contributed by atoms with Crippen LogP contribution in [-0.4, -0.2) is 116 Å². The van der Waals surface area contributed by atoms with Crippen molar-refractivity contribution >= 4 is 5.91 Å². The maximum atomic E-state index is 11.2. The van der Waals surface area contributed by atoms with Gasteiger partial charge in [0.2, 0.25) is 5.91 Å². The van der Waals surface area contributed by atoms with E-state index in [1.807, 2.05) is 0 Å². The summed E-state index contributed by atoms with van der Waals surface area (Å²) in [4.78, 5) is 11.2. The van der Waals surface area contributed by atoms with E-state index in [2.05, 4.69) is 5.32 Å². The van der Waals surface area contributed by atoms with E-state index in [0.717, 1.165) is 6.92 Å². The molecule has 2 fully saturated rings. The number of ether oxygens (including phenoxy) is 3. The van der Waals surface area contributed by atoms with Gasteiger partial charge in [-0.15, -0.1) is 0 Å². The molecule has 26 heavy (non-hydrogen) atoms. The highest BCUT2D eigenvalue weighted by Gasteiger charge is 2.51. The molecule has 0 aromatic heterocycles. The Morgan fingerprint density at radius 1 is 1.12 bits per heavy atom. The molecule has 10 atom stereocenters. The summed E-state index contributed by atoms with van der Waals surface area (Å²) in [6, 6.07) is -1.28. The molecule has 0 aliphatic carbocycles. The van der Waals surface area contributed by atoms with Crippen LogP contribution in [0.2, 0.25) is 0 Å². The minimum absolute atomic E-state index is 0.559. The van der Waals surface area contributed by atoms with Gasteiger partial charge in [0.25, 0.3) is 0 Å². The lowest BCUT2D eigenvalue weighted by Crippen LogP contribution is -2.65. The summed E-state index contributed by atoms with van der Waals surface area (Å²) in [5, 5.41) is 70.4. The Bertz CT molecular complexity index is 480. The van der Waals surface area contributed by atoms with E-state index in [9.17, 15) is 35.4 Å². The maximum Gasteiger partial charge on any atom is 0.217 e. The lowest BCUT2D eigenvalue weighted by molar-refractivity contribution is -0.300. The second-order valence-corrected chi connectivity index (χ2v) is 6.27. The van der Waals surface area contributed by atoms with Crippen molar-refractivity contribution in [3.63, 3.8) is 0 Å². The molecular formula is C14H25NO11. The second kappa shape index (κ2) is 8.84. The lowest BCUT2D eigenvalue weighted by Gasteiger charge is -2.43. The van der Waals surface area contributed by atoms with Gasteiger partial charge in [-0.2, -0.15) is 0 Å². The molecule has 12 heteroatoms. The summed E-state index contributed by atoms with van der Waals surface area (Å²) in [7, 11) is 0. The largest absolute Gasteiger partial charge is 0.394 e. The number of hydrogen-bond acceptors (Lipinski definition) is 11. The van der Waals surface area contributed by atoms with E-state index >= 15 is 0 Å². The summed E-state index contributed by atoms with van der Waals surface area (Å²) < 4.78 is 15.7. The summed E-state index contributed by atoms with van der Waals surface area (Å²) in [5.74, 6) is -0.559. The van der Waals surface area contributed by atoms with Gasteiger partial charge in [-0.25, -0.2) is 0 Å². The van der Waals surface area contributed by atoms with Crippen LogP contribution in [0.1, 0.15) is 6.92 Å². The number of carbonyl (C=O) groups excluding carboxylic acids is 1. The van der Waals surface area contributed by atoms with Gasteiger partial charge in [0.05, 0.1) is 13.2 Å². The molecule has 0 saturated carbocycles. The van der Waals surface area contributed by atoms with Gasteiger partial charge in [0, 0.05) is 6.92 Å². The third kappa shape index (κ3) is 4.31. The minimum atomic E-state index is -1.63. The normalized spacial score (nSPS) is 44.7. The fourth-order valence-electron chi connectivity index (χ4n) is 3.00. The molecule has 0 bridgehead atoms. The first-order valence-corrected chi connectivity index (χ1v) is 8.06. The molecule has 2 heterocycles. The summed E-state index contributed by atoms with van der Waals surface area (Å²) in [6.07, 6.45) is -13.3. The molecule has 0 spiro atoms. The zero-order chi connectivity index (χ0) is 19.6. The van der Waals surface area contributed by atoms with E-state index in [1.165, 1.54) is 0 Å². The molecule has 2 rings (SSSR count). The maximum absolute atomic E-state index is 11.2. The molecule has 8 N–H and O–H groups in total. The summed E-state index contributed by atoms with van der Waals surface area (Å²) >= 11 is 0. The highest BCUT2D eigenvalue weighted by Crippen LogP contribution is 2.30. The molecular weight excluding hydrogens is 358 g/mol. The van der Waals surface area contributed by atoms with Gasteiger partial charge in [0.1, 0.15) is 48.8 Å². The molecule has 0 aromatic carbocycles. The van der Waals surface area contributed by atoms with Crippen LogP contribution in [0.25, 0.3) is 0 Å². The molecule has 2 aliphatic rings. The van der Waals surface area contributed by atoms with Gasteiger partial charge >= 0.3 is 0 Å². The number of carbonyl (C=O) groups is 1. The number of rotatable bonds is 6. The van der Waals surface area contributed by atoms with Gasteiger partial charge in [-0.05, 0) is 0 Å². The highest BCUT2D eigenvalue weighted by atomic mass is 16.7. The quantitative estimate of drug-likeness (QED) is 0.218. The Balaban J connectivity index is 2.13. The minimum Gasteiger partial charge on any atom is -0.394 e. The second-order valence-electron chi connectivity index (χ2n) is 6.27. The van der Waals surface area contributed by atoms with E-state index in [1.54, 1.807) is 0 Å². The Labute approximate surface area is 148 Å². The number of hydrogen-bond donors (Lipinski definition) is 8. The van der Waals surface area contributed by atoms with Crippen molar-refractivity contribution in [3.05, 3.63) is 0 Å². The number of aliphatic hydroxyl groups excluding tert-OH is 7. The molecule has 0 aromatic rings. The van der Waals surface area contributed by atoms with Crippen LogP contribution in [0.4, 0.5) is 0 Å². The molecule has 2 aliphatic heterocycles. The standard InChI is InChI=1S/C14H25NO11/c1-4(18)15-7-8(20)12(6(3-17)24-13(7)23)26-14-10(22)9(21)11(25-14)5(19)2-16/h5-14,16-17,19-23H,2-3H2,1H3,(H,15,18)/t5-,6-,7-,8-,9-,10-,11+,12-,13+,14+/m1/s1. The smallest absolute Gasteiger partial charge is 0.217 e. The topological polar surface area (TPSA) is 198 Å². The monoisotopic (exact) mass is 383 g/mol. The fraction of sp³-hybridized carbons (Fsp3) is 0.929. The molecule has 0 radical (unpaired) electrons. The van der Waals surface area contributed by atoms with Crippen molar-refractivity contribution in [1.82, 2.24) is 5.32 Å². The Hall–Kier alpha value is -0.930. The van der Waals surface area contributed by atoms with Crippen molar-refractivity contribution in [2.45, 2.75) is 68.3 Å². The first kappa shape index (κ1) is 21.4. The zero-order valence-corrected chi connectivity index (χ0v) is 14.0. The number of nitrogens with one attached hydrogen (secondary N) is 1. The van der Waals surface area contributed by atoms with Crippen LogP contribution in [0.15, 0.2) is 0 Å².